The Morgan fingerprint density at radius 2 is 1.81 bits per heavy atom. The Kier molecular flexibility index (Phi) is 5.50. The van der Waals surface area contributed by atoms with E-state index in [0.29, 0.717) is 6.54 Å². The minimum atomic E-state index is -3.47. The monoisotopic (exact) mass is 319 g/mol. The SMILES string of the molecule is CCCNC(c1cc(F)c(C)cc1F)C(C)(C)S(C)(=O)=O. The van der Waals surface area contributed by atoms with Crippen molar-refractivity contribution in [2.75, 3.05) is 12.8 Å². The van der Waals surface area contributed by atoms with Crippen LogP contribution in [0.25, 0.3) is 0 Å². The fraction of sp³-hybridized carbons (Fsp3) is 0.600. The van der Waals surface area contributed by atoms with E-state index in [1.165, 1.54) is 20.8 Å². The number of hydrogen-bond acceptors (Lipinski definition) is 3. The minimum absolute atomic E-state index is 0.0435. The lowest BCUT2D eigenvalue weighted by molar-refractivity contribution is 0.404. The number of benzene rings is 1. The molecule has 3 nitrogen and oxygen atoms in total. The van der Waals surface area contributed by atoms with Gasteiger partial charge in [0.05, 0.1) is 10.8 Å². The van der Waals surface area contributed by atoms with E-state index in [1.54, 1.807) is 0 Å². The fourth-order valence-electron chi connectivity index (χ4n) is 2.12. The van der Waals surface area contributed by atoms with Gasteiger partial charge in [0.2, 0.25) is 0 Å². The molecule has 0 spiro atoms. The first-order chi connectivity index (χ1) is 9.52. The van der Waals surface area contributed by atoms with Crippen molar-refractivity contribution in [1.29, 1.82) is 0 Å². The van der Waals surface area contributed by atoms with Gasteiger partial charge in [-0.1, -0.05) is 6.92 Å². The summed E-state index contributed by atoms with van der Waals surface area (Å²) < 4.78 is 50.8. The van der Waals surface area contributed by atoms with Gasteiger partial charge in [0.15, 0.2) is 9.84 Å². The molecule has 1 unspecified atom stereocenters. The van der Waals surface area contributed by atoms with Gasteiger partial charge in [0, 0.05) is 11.8 Å². The van der Waals surface area contributed by atoms with Crippen molar-refractivity contribution in [2.24, 2.45) is 0 Å². The quantitative estimate of drug-likeness (QED) is 0.876. The Hall–Kier alpha value is -1.01. The molecule has 0 heterocycles. The lowest BCUT2D eigenvalue weighted by Gasteiger charge is -2.34. The van der Waals surface area contributed by atoms with Crippen LogP contribution in [0, 0.1) is 18.6 Å². The van der Waals surface area contributed by atoms with Crippen LogP contribution < -0.4 is 5.32 Å². The Morgan fingerprint density at radius 3 is 2.29 bits per heavy atom. The summed E-state index contributed by atoms with van der Waals surface area (Å²) in [6.45, 7) is 6.94. The summed E-state index contributed by atoms with van der Waals surface area (Å²) in [5.41, 5.74) is 0.240. The number of nitrogens with one attached hydrogen (secondary N) is 1. The Morgan fingerprint density at radius 1 is 1.24 bits per heavy atom. The first-order valence-electron chi connectivity index (χ1n) is 6.91. The van der Waals surface area contributed by atoms with Crippen LogP contribution in [-0.4, -0.2) is 26.0 Å². The average Bonchev–Trinajstić information content (AvgIpc) is 2.34. The molecule has 6 heteroatoms. The second-order valence-corrected chi connectivity index (χ2v) is 8.48. The molecule has 0 amide bonds. The second-order valence-electron chi connectivity index (χ2n) is 5.89. The second kappa shape index (κ2) is 6.40. The Labute approximate surface area is 125 Å². The number of aryl methyl sites for hydroxylation is 1. The zero-order valence-corrected chi connectivity index (χ0v) is 13.9. The molecule has 21 heavy (non-hydrogen) atoms. The zero-order valence-electron chi connectivity index (χ0n) is 13.1. The van der Waals surface area contributed by atoms with Crippen LogP contribution in [0.2, 0.25) is 0 Å². The highest BCUT2D eigenvalue weighted by Gasteiger charge is 2.41. The van der Waals surface area contributed by atoms with Crippen LogP contribution >= 0.6 is 0 Å². The maximum Gasteiger partial charge on any atom is 0.154 e. The highest BCUT2D eigenvalue weighted by Crippen LogP contribution is 2.34. The molecule has 0 bridgehead atoms. The van der Waals surface area contributed by atoms with Crippen molar-refractivity contribution < 1.29 is 17.2 Å². The van der Waals surface area contributed by atoms with E-state index >= 15 is 0 Å². The predicted octanol–water partition coefficient (Wildman–Crippen LogP) is 3.14. The van der Waals surface area contributed by atoms with E-state index in [9.17, 15) is 17.2 Å². The third-order valence-corrected chi connectivity index (χ3v) is 5.99. The largest absolute Gasteiger partial charge is 0.309 e. The number of halogens is 2. The normalized spacial score (nSPS) is 14.2. The Balaban J connectivity index is 3.43. The van der Waals surface area contributed by atoms with E-state index in [2.05, 4.69) is 5.32 Å². The van der Waals surface area contributed by atoms with E-state index in [1.807, 2.05) is 6.92 Å². The first-order valence-corrected chi connectivity index (χ1v) is 8.80. The average molecular weight is 319 g/mol. The lowest BCUT2D eigenvalue weighted by atomic mass is 9.93. The minimum Gasteiger partial charge on any atom is -0.309 e. The van der Waals surface area contributed by atoms with Crippen LogP contribution in [0.1, 0.15) is 44.4 Å². The Bertz CT molecular complexity index is 612. The van der Waals surface area contributed by atoms with Crippen molar-refractivity contribution in [1.82, 2.24) is 5.32 Å². The van der Waals surface area contributed by atoms with Gasteiger partial charge in [0.1, 0.15) is 11.6 Å². The molecule has 1 rings (SSSR count). The van der Waals surface area contributed by atoms with Crippen LogP contribution in [0.15, 0.2) is 12.1 Å². The van der Waals surface area contributed by atoms with Gasteiger partial charge >= 0.3 is 0 Å². The molecular formula is C15H23F2NO2S. The molecular weight excluding hydrogens is 296 g/mol. The number of rotatable bonds is 6. The van der Waals surface area contributed by atoms with Crippen LogP contribution in [0.3, 0.4) is 0 Å². The summed E-state index contributed by atoms with van der Waals surface area (Å²) in [6, 6.07) is 1.37. The standard InChI is InChI=1S/C15H23F2NO2S/c1-6-7-18-14(15(3,4)21(5,19)20)11-9-12(16)10(2)8-13(11)17/h8-9,14,18H,6-7H2,1-5H3. The summed E-state index contributed by atoms with van der Waals surface area (Å²) in [7, 11) is -3.47. The predicted molar refractivity (Wildman–Crippen MR) is 81.1 cm³/mol. The molecule has 1 aromatic carbocycles. The molecule has 120 valence electrons. The summed E-state index contributed by atoms with van der Waals surface area (Å²) in [5.74, 6) is -1.14. The van der Waals surface area contributed by atoms with Crippen molar-refractivity contribution >= 4 is 9.84 Å². The van der Waals surface area contributed by atoms with Crippen LogP contribution in [-0.2, 0) is 9.84 Å². The van der Waals surface area contributed by atoms with Crippen molar-refractivity contribution in [3.05, 3.63) is 34.9 Å². The maximum atomic E-state index is 14.2. The van der Waals surface area contributed by atoms with E-state index in [4.69, 9.17) is 0 Å². The van der Waals surface area contributed by atoms with Gasteiger partial charge in [-0.25, -0.2) is 17.2 Å². The molecule has 0 aliphatic carbocycles. The topological polar surface area (TPSA) is 46.2 Å². The zero-order chi connectivity index (χ0) is 16.4. The summed E-state index contributed by atoms with van der Waals surface area (Å²) in [6.07, 6.45) is 1.86. The smallest absolute Gasteiger partial charge is 0.154 e. The van der Waals surface area contributed by atoms with Gasteiger partial charge in [-0.05, 0) is 51.4 Å². The summed E-state index contributed by atoms with van der Waals surface area (Å²) >= 11 is 0. The summed E-state index contributed by atoms with van der Waals surface area (Å²) in [4.78, 5) is 0. The lowest BCUT2D eigenvalue weighted by Crippen LogP contribution is -2.45. The molecule has 0 aliphatic rings. The number of sulfone groups is 1. The third-order valence-electron chi connectivity index (χ3n) is 3.84. The highest BCUT2D eigenvalue weighted by atomic mass is 32.2. The third kappa shape index (κ3) is 3.80. The van der Waals surface area contributed by atoms with Crippen LogP contribution in [0.4, 0.5) is 8.78 Å². The van der Waals surface area contributed by atoms with Crippen molar-refractivity contribution in [3.63, 3.8) is 0 Å². The molecule has 0 saturated heterocycles. The molecule has 0 aliphatic heterocycles. The van der Waals surface area contributed by atoms with Crippen molar-refractivity contribution in [3.8, 4) is 0 Å². The molecule has 1 N–H and O–H groups in total. The van der Waals surface area contributed by atoms with Gasteiger partial charge in [-0.3, -0.25) is 0 Å². The molecule has 1 aromatic rings. The van der Waals surface area contributed by atoms with Gasteiger partial charge in [-0.2, -0.15) is 0 Å². The van der Waals surface area contributed by atoms with Gasteiger partial charge in [0.25, 0.3) is 0 Å². The molecule has 0 fully saturated rings. The van der Waals surface area contributed by atoms with E-state index in [-0.39, 0.29) is 11.1 Å². The molecule has 1 atom stereocenters. The molecule has 0 radical (unpaired) electrons. The van der Waals surface area contributed by atoms with E-state index < -0.39 is 32.3 Å². The van der Waals surface area contributed by atoms with Gasteiger partial charge in [-0.15, -0.1) is 0 Å². The molecule has 0 saturated carbocycles. The van der Waals surface area contributed by atoms with Gasteiger partial charge < -0.3 is 5.32 Å². The highest BCUT2D eigenvalue weighted by molar-refractivity contribution is 7.92. The van der Waals surface area contributed by atoms with Crippen LogP contribution in [0.5, 0.6) is 0 Å². The summed E-state index contributed by atoms with van der Waals surface area (Å²) in [5, 5.41) is 3.03. The number of hydrogen-bond donors (Lipinski definition) is 1. The van der Waals surface area contributed by atoms with Crippen molar-refractivity contribution in [2.45, 2.75) is 44.9 Å². The molecule has 0 aromatic heterocycles. The first kappa shape index (κ1) is 18.0. The van der Waals surface area contributed by atoms with E-state index in [0.717, 1.165) is 24.8 Å². The fourth-order valence-corrected chi connectivity index (χ4v) is 2.75. The maximum absolute atomic E-state index is 14.2.